The molecule has 0 spiro atoms. The first-order chi connectivity index (χ1) is 14.9. The molecule has 1 amide bonds. The van der Waals surface area contributed by atoms with E-state index in [0.29, 0.717) is 23.0 Å². The molecule has 0 saturated carbocycles. The first-order valence-electron chi connectivity index (χ1n) is 10.4. The highest BCUT2D eigenvalue weighted by Crippen LogP contribution is 2.33. The van der Waals surface area contributed by atoms with Gasteiger partial charge in [-0.3, -0.25) is 4.79 Å². The SMILES string of the molecule is CC(C)(C)OC(=O)n1ncc2c(N)c(-c3ccc(C(NC=O)OC(C)(C)C)cc3)ccc21. The molecular formula is C24H30N4O4. The highest BCUT2D eigenvalue weighted by atomic mass is 16.6. The van der Waals surface area contributed by atoms with Gasteiger partial charge in [-0.1, -0.05) is 30.3 Å². The number of fused-ring (bicyclic) bond motifs is 1. The summed E-state index contributed by atoms with van der Waals surface area (Å²) in [6, 6.07) is 11.2. The van der Waals surface area contributed by atoms with Crippen molar-refractivity contribution < 1.29 is 19.1 Å². The molecule has 1 heterocycles. The van der Waals surface area contributed by atoms with Crippen molar-refractivity contribution >= 4 is 29.1 Å². The third kappa shape index (κ3) is 5.26. The lowest BCUT2D eigenvalue weighted by Gasteiger charge is -2.27. The Balaban J connectivity index is 1.92. The number of nitrogens with zero attached hydrogens (tertiary/aromatic N) is 2. The number of ether oxygens (including phenoxy) is 2. The van der Waals surface area contributed by atoms with Crippen LogP contribution in [0.3, 0.4) is 0 Å². The molecule has 3 aromatic rings. The number of benzene rings is 2. The molecule has 0 radical (unpaired) electrons. The summed E-state index contributed by atoms with van der Waals surface area (Å²) in [6.07, 6.45) is 1.07. The second-order valence-electron chi connectivity index (χ2n) is 9.51. The summed E-state index contributed by atoms with van der Waals surface area (Å²) < 4.78 is 12.6. The number of nitrogens with two attached hydrogens (primary N) is 1. The predicted octanol–water partition coefficient (Wildman–Crippen LogP) is 4.63. The third-order valence-electron chi connectivity index (χ3n) is 4.58. The maximum absolute atomic E-state index is 12.4. The van der Waals surface area contributed by atoms with Crippen molar-refractivity contribution in [1.82, 2.24) is 15.1 Å². The van der Waals surface area contributed by atoms with Crippen LogP contribution in [-0.4, -0.2) is 33.5 Å². The van der Waals surface area contributed by atoms with Crippen molar-refractivity contribution in [1.29, 1.82) is 0 Å². The van der Waals surface area contributed by atoms with E-state index in [1.165, 1.54) is 4.68 Å². The summed E-state index contributed by atoms with van der Waals surface area (Å²) in [6.45, 7) is 11.2. The van der Waals surface area contributed by atoms with Gasteiger partial charge < -0.3 is 20.5 Å². The predicted molar refractivity (Wildman–Crippen MR) is 124 cm³/mol. The van der Waals surface area contributed by atoms with E-state index < -0.39 is 23.5 Å². The minimum Gasteiger partial charge on any atom is -0.442 e. The summed E-state index contributed by atoms with van der Waals surface area (Å²) in [5.74, 6) is 0. The molecule has 0 aliphatic rings. The highest BCUT2D eigenvalue weighted by molar-refractivity contribution is 6.01. The number of rotatable bonds is 5. The van der Waals surface area contributed by atoms with Crippen LogP contribution in [0, 0.1) is 0 Å². The number of nitrogens with one attached hydrogen (secondary N) is 1. The molecule has 3 N–H and O–H groups in total. The lowest BCUT2D eigenvalue weighted by Crippen LogP contribution is -2.31. The number of hydrogen-bond acceptors (Lipinski definition) is 6. The van der Waals surface area contributed by atoms with Crippen LogP contribution in [-0.2, 0) is 14.3 Å². The fourth-order valence-electron chi connectivity index (χ4n) is 3.28. The maximum atomic E-state index is 12.4. The Morgan fingerprint density at radius 3 is 2.28 bits per heavy atom. The van der Waals surface area contributed by atoms with Crippen LogP contribution in [0.25, 0.3) is 22.0 Å². The second-order valence-corrected chi connectivity index (χ2v) is 9.51. The van der Waals surface area contributed by atoms with Gasteiger partial charge in [0.2, 0.25) is 6.41 Å². The monoisotopic (exact) mass is 438 g/mol. The van der Waals surface area contributed by atoms with Crippen molar-refractivity contribution in [3.8, 4) is 11.1 Å². The topological polar surface area (TPSA) is 108 Å². The quantitative estimate of drug-likeness (QED) is 0.342. The van der Waals surface area contributed by atoms with E-state index in [4.69, 9.17) is 15.2 Å². The standard InChI is InChI=1S/C24H30N4O4/c1-23(2,3)31-21(26-14-29)16-9-7-15(8-10-16)17-11-12-19-18(20(17)25)13-27-28(19)22(30)32-24(4,5)6/h7-14,21H,25H2,1-6H3,(H,26,29). The third-order valence-corrected chi connectivity index (χ3v) is 4.58. The summed E-state index contributed by atoms with van der Waals surface area (Å²) in [5, 5.41) is 7.53. The average molecular weight is 439 g/mol. The highest BCUT2D eigenvalue weighted by Gasteiger charge is 2.22. The smallest absolute Gasteiger partial charge is 0.435 e. The number of nitrogen functional groups attached to an aromatic ring is 1. The van der Waals surface area contributed by atoms with E-state index in [9.17, 15) is 9.59 Å². The molecule has 1 atom stereocenters. The first kappa shape index (κ1) is 23.3. The average Bonchev–Trinajstić information content (AvgIpc) is 3.11. The largest absolute Gasteiger partial charge is 0.442 e. The van der Waals surface area contributed by atoms with Gasteiger partial charge in [0.15, 0.2) is 6.23 Å². The summed E-state index contributed by atoms with van der Waals surface area (Å²) in [7, 11) is 0. The Hall–Kier alpha value is -3.39. The molecule has 0 bridgehead atoms. The molecule has 0 fully saturated rings. The van der Waals surface area contributed by atoms with Crippen LogP contribution < -0.4 is 11.1 Å². The molecule has 2 aromatic carbocycles. The van der Waals surface area contributed by atoms with Crippen molar-refractivity contribution in [3.63, 3.8) is 0 Å². The number of carbonyl (C=O) groups excluding carboxylic acids is 2. The minimum absolute atomic E-state index is 0.427. The van der Waals surface area contributed by atoms with E-state index in [1.807, 2.05) is 51.1 Å². The maximum Gasteiger partial charge on any atom is 0.435 e. The van der Waals surface area contributed by atoms with Gasteiger partial charge in [0.1, 0.15) is 5.60 Å². The van der Waals surface area contributed by atoms with Crippen molar-refractivity contribution in [3.05, 3.63) is 48.2 Å². The number of hydrogen-bond donors (Lipinski definition) is 2. The van der Waals surface area contributed by atoms with Crippen molar-refractivity contribution in [2.45, 2.75) is 59.0 Å². The summed E-state index contributed by atoms with van der Waals surface area (Å²) in [4.78, 5) is 23.5. The molecule has 1 unspecified atom stereocenters. The van der Waals surface area contributed by atoms with Gasteiger partial charge in [0, 0.05) is 16.5 Å². The molecule has 0 saturated heterocycles. The Bertz CT molecular complexity index is 1120. The van der Waals surface area contributed by atoms with E-state index in [0.717, 1.165) is 16.7 Å². The van der Waals surface area contributed by atoms with Crippen LogP contribution in [0.2, 0.25) is 0 Å². The molecular weight excluding hydrogens is 408 g/mol. The van der Waals surface area contributed by atoms with Gasteiger partial charge in [-0.2, -0.15) is 9.78 Å². The van der Waals surface area contributed by atoms with Crippen LogP contribution in [0.4, 0.5) is 10.5 Å². The molecule has 0 aliphatic carbocycles. The van der Waals surface area contributed by atoms with Crippen LogP contribution in [0.1, 0.15) is 53.3 Å². The Labute approximate surface area is 187 Å². The van der Waals surface area contributed by atoms with E-state index >= 15 is 0 Å². The number of carbonyl (C=O) groups is 2. The normalized spacial score (nSPS) is 13.1. The van der Waals surface area contributed by atoms with Crippen molar-refractivity contribution in [2.24, 2.45) is 0 Å². The molecule has 170 valence electrons. The number of aromatic nitrogens is 2. The van der Waals surface area contributed by atoms with Gasteiger partial charge in [0.25, 0.3) is 0 Å². The molecule has 0 aliphatic heterocycles. The van der Waals surface area contributed by atoms with Crippen LogP contribution in [0.15, 0.2) is 42.6 Å². The Morgan fingerprint density at radius 1 is 1.06 bits per heavy atom. The zero-order valence-electron chi connectivity index (χ0n) is 19.3. The molecule has 8 heteroatoms. The van der Waals surface area contributed by atoms with Gasteiger partial charge in [0.05, 0.1) is 23.0 Å². The number of amides is 1. The lowest BCUT2D eigenvalue weighted by atomic mass is 10.00. The zero-order chi connectivity index (χ0) is 23.7. The van der Waals surface area contributed by atoms with Gasteiger partial charge in [-0.25, -0.2) is 4.79 Å². The van der Waals surface area contributed by atoms with Gasteiger partial charge >= 0.3 is 6.09 Å². The van der Waals surface area contributed by atoms with Crippen LogP contribution >= 0.6 is 0 Å². The fourth-order valence-corrected chi connectivity index (χ4v) is 3.28. The van der Waals surface area contributed by atoms with Crippen molar-refractivity contribution in [2.75, 3.05) is 5.73 Å². The Morgan fingerprint density at radius 2 is 1.72 bits per heavy atom. The second kappa shape index (κ2) is 8.63. The van der Waals surface area contributed by atoms with Crippen LogP contribution in [0.5, 0.6) is 0 Å². The lowest BCUT2D eigenvalue weighted by molar-refractivity contribution is -0.120. The first-order valence-corrected chi connectivity index (χ1v) is 10.4. The fraction of sp³-hybridized carbons (Fsp3) is 0.375. The van der Waals surface area contributed by atoms with E-state index in [1.54, 1.807) is 33.0 Å². The number of anilines is 1. The molecule has 1 aromatic heterocycles. The van der Waals surface area contributed by atoms with Gasteiger partial charge in [-0.05, 0) is 53.2 Å². The summed E-state index contributed by atoms with van der Waals surface area (Å²) >= 11 is 0. The van der Waals surface area contributed by atoms with E-state index in [2.05, 4.69) is 10.4 Å². The summed E-state index contributed by atoms with van der Waals surface area (Å²) in [5.41, 5.74) is 8.97. The van der Waals surface area contributed by atoms with Gasteiger partial charge in [-0.15, -0.1) is 0 Å². The minimum atomic E-state index is -0.629. The molecule has 32 heavy (non-hydrogen) atoms. The molecule has 8 nitrogen and oxygen atoms in total. The molecule has 3 rings (SSSR count). The Kier molecular flexibility index (Phi) is 6.27. The van der Waals surface area contributed by atoms with E-state index in [-0.39, 0.29) is 0 Å². The zero-order valence-corrected chi connectivity index (χ0v) is 19.3.